The minimum Gasteiger partial charge on any atom is -0.546 e. The number of ketones is 1. The fraction of sp³-hybridized carbons (Fsp3) is 0.0667. The monoisotopic (exact) mass is 365 g/mol. The lowest BCUT2D eigenvalue weighted by molar-refractivity contribution is -0.307. The van der Waals surface area contributed by atoms with E-state index in [4.69, 9.17) is 4.74 Å². The van der Waals surface area contributed by atoms with E-state index in [9.17, 15) is 14.7 Å². The van der Waals surface area contributed by atoms with Crippen LogP contribution in [0.4, 0.5) is 0 Å². The minimum absolute atomic E-state index is 0.133. The lowest BCUT2D eigenvalue weighted by atomic mass is 10.1. The second kappa shape index (κ2) is 7.19. The number of carboxylic acids is 1. The number of halogens is 1. The summed E-state index contributed by atoms with van der Waals surface area (Å²) in [6, 6.07) is 10.1. The molecule has 1 aromatic carbocycles. The lowest BCUT2D eigenvalue weighted by Gasteiger charge is -2.06. The highest BCUT2D eigenvalue weighted by Gasteiger charge is 2.03. The number of carboxylic acid groups (broad SMARTS) is 1. The first-order chi connectivity index (χ1) is 10.0. The van der Waals surface area contributed by atoms with Crippen molar-refractivity contribution in [3.8, 4) is 5.75 Å². The average Bonchev–Trinajstić information content (AvgIpc) is 2.89. The Morgan fingerprint density at radius 1 is 1.19 bits per heavy atom. The molecule has 0 spiro atoms. The Balaban J connectivity index is 1.99. The van der Waals surface area contributed by atoms with Gasteiger partial charge in [0.2, 0.25) is 0 Å². The van der Waals surface area contributed by atoms with Crippen LogP contribution in [0.2, 0.25) is 0 Å². The van der Waals surface area contributed by atoms with Crippen molar-refractivity contribution in [2.45, 2.75) is 0 Å². The van der Waals surface area contributed by atoms with Gasteiger partial charge in [0.05, 0.1) is 9.76 Å². The molecule has 0 bridgehead atoms. The summed E-state index contributed by atoms with van der Waals surface area (Å²) in [5, 5.41) is 10.3. The molecule has 0 fully saturated rings. The van der Waals surface area contributed by atoms with E-state index in [-0.39, 0.29) is 5.78 Å². The highest BCUT2D eigenvalue weighted by Crippen LogP contribution is 2.23. The number of ether oxygens (including phenoxy) is 1. The summed E-state index contributed by atoms with van der Waals surface area (Å²) < 4.78 is 5.94. The molecule has 0 aliphatic rings. The molecule has 0 amide bonds. The van der Waals surface area contributed by atoms with Crippen LogP contribution in [-0.4, -0.2) is 18.4 Å². The summed E-state index contributed by atoms with van der Waals surface area (Å²) >= 11 is 4.89. The Morgan fingerprint density at radius 2 is 1.90 bits per heavy atom. The molecule has 4 nitrogen and oxygen atoms in total. The molecule has 0 atom stereocenters. The topological polar surface area (TPSA) is 66.4 Å². The van der Waals surface area contributed by atoms with Crippen LogP contribution in [0.1, 0.15) is 15.2 Å². The SMILES string of the molecule is O=C([O-])COc1ccc(C(=O)/C=C/c2ccc(Br)s2)cc1. The van der Waals surface area contributed by atoms with E-state index in [2.05, 4.69) is 15.9 Å². The van der Waals surface area contributed by atoms with Gasteiger partial charge in [-0.15, -0.1) is 11.3 Å². The Labute approximate surface area is 133 Å². The minimum atomic E-state index is -1.29. The highest BCUT2D eigenvalue weighted by atomic mass is 79.9. The van der Waals surface area contributed by atoms with Crippen molar-refractivity contribution in [2.24, 2.45) is 0 Å². The number of rotatable bonds is 6. The zero-order valence-corrected chi connectivity index (χ0v) is 13.1. The molecule has 0 unspecified atom stereocenters. The van der Waals surface area contributed by atoms with Crippen molar-refractivity contribution in [3.63, 3.8) is 0 Å². The number of hydrogen-bond donors (Lipinski definition) is 0. The third-order valence-corrected chi connectivity index (χ3v) is 4.08. The van der Waals surface area contributed by atoms with Gasteiger partial charge in [0.15, 0.2) is 5.78 Å². The first-order valence-electron chi connectivity index (χ1n) is 5.95. The van der Waals surface area contributed by atoms with Gasteiger partial charge in [-0.2, -0.15) is 0 Å². The van der Waals surface area contributed by atoms with Crippen LogP contribution in [0.3, 0.4) is 0 Å². The molecule has 2 rings (SSSR count). The number of carbonyl (C=O) groups is 2. The van der Waals surface area contributed by atoms with E-state index in [1.54, 1.807) is 30.3 Å². The van der Waals surface area contributed by atoms with Gasteiger partial charge in [-0.25, -0.2) is 0 Å². The normalized spacial score (nSPS) is 10.7. The molecule has 0 radical (unpaired) electrons. The summed E-state index contributed by atoms with van der Waals surface area (Å²) in [5.74, 6) is -1.05. The number of carbonyl (C=O) groups excluding carboxylic acids is 2. The van der Waals surface area contributed by atoms with Gasteiger partial charge >= 0.3 is 0 Å². The quantitative estimate of drug-likeness (QED) is 0.582. The second-order valence-electron chi connectivity index (χ2n) is 4.02. The Bertz CT molecular complexity index is 673. The van der Waals surface area contributed by atoms with Crippen molar-refractivity contribution in [1.82, 2.24) is 0 Å². The van der Waals surface area contributed by atoms with Crippen LogP contribution in [-0.2, 0) is 4.79 Å². The Morgan fingerprint density at radius 3 is 2.48 bits per heavy atom. The van der Waals surface area contributed by atoms with E-state index >= 15 is 0 Å². The van der Waals surface area contributed by atoms with Crippen LogP contribution < -0.4 is 9.84 Å². The van der Waals surface area contributed by atoms with E-state index in [1.807, 2.05) is 12.1 Å². The van der Waals surface area contributed by atoms with E-state index in [0.29, 0.717) is 11.3 Å². The number of allylic oxidation sites excluding steroid dienone is 1. The van der Waals surface area contributed by atoms with Crippen molar-refractivity contribution in [2.75, 3.05) is 6.61 Å². The average molecular weight is 366 g/mol. The van der Waals surface area contributed by atoms with Crippen molar-refractivity contribution >= 4 is 45.1 Å². The standard InChI is InChI=1S/C15H11BrO4S/c16-14-8-6-12(21-14)5-7-13(17)10-1-3-11(4-2-10)20-9-15(18)19/h1-8H,9H2,(H,18,19)/p-1/b7-5+. The molecule has 0 saturated carbocycles. The van der Waals surface area contributed by atoms with Crippen molar-refractivity contribution in [3.05, 3.63) is 56.7 Å². The predicted octanol–water partition coefficient (Wildman–Crippen LogP) is 2.54. The number of benzene rings is 1. The molecule has 6 heteroatoms. The molecule has 2 aromatic rings. The largest absolute Gasteiger partial charge is 0.546 e. The van der Waals surface area contributed by atoms with Gasteiger partial charge in [0, 0.05) is 10.4 Å². The maximum Gasteiger partial charge on any atom is 0.185 e. The molecule has 1 aromatic heterocycles. The second-order valence-corrected chi connectivity index (χ2v) is 6.52. The summed E-state index contributed by atoms with van der Waals surface area (Å²) in [6.07, 6.45) is 3.24. The van der Waals surface area contributed by atoms with Gasteiger partial charge in [-0.3, -0.25) is 4.79 Å². The molecule has 0 aliphatic carbocycles. The first kappa shape index (κ1) is 15.5. The van der Waals surface area contributed by atoms with Crippen LogP contribution in [0.5, 0.6) is 5.75 Å². The zero-order chi connectivity index (χ0) is 15.2. The maximum absolute atomic E-state index is 12.0. The van der Waals surface area contributed by atoms with Gasteiger partial charge in [-0.1, -0.05) is 0 Å². The Hall–Kier alpha value is -1.92. The third kappa shape index (κ3) is 4.84. The fourth-order valence-corrected chi connectivity index (χ4v) is 2.86. The Kier molecular flexibility index (Phi) is 5.30. The highest BCUT2D eigenvalue weighted by molar-refractivity contribution is 9.11. The molecule has 0 aliphatic heterocycles. The van der Waals surface area contributed by atoms with Crippen molar-refractivity contribution < 1.29 is 19.4 Å². The van der Waals surface area contributed by atoms with Crippen molar-refractivity contribution in [1.29, 1.82) is 0 Å². The maximum atomic E-state index is 12.0. The van der Waals surface area contributed by atoms with E-state index in [1.165, 1.54) is 17.4 Å². The molecule has 0 saturated heterocycles. The van der Waals surface area contributed by atoms with Crippen LogP contribution in [0.25, 0.3) is 6.08 Å². The molecule has 1 heterocycles. The summed E-state index contributed by atoms with van der Waals surface area (Å²) in [4.78, 5) is 23.2. The van der Waals surface area contributed by atoms with Gasteiger partial charge in [0.1, 0.15) is 12.4 Å². The molecular formula is C15H10BrO4S-. The molecular weight excluding hydrogens is 356 g/mol. The molecule has 0 N–H and O–H groups in total. The first-order valence-corrected chi connectivity index (χ1v) is 7.56. The van der Waals surface area contributed by atoms with E-state index < -0.39 is 12.6 Å². The van der Waals surface area contributed by atoms with Gasteiger partial charge in [-0.05, 0) is 64.5 Å². The fourth-order valence-electron chi connectivity index (χ4n) is 1.53. The lowest BCUT2D eigenvalue weighted by Crippen LogP contribution is -2.28. The van der Waals surface area contributed by atoms with Crippen LogP contribution in [0.15, 0.2) is 46.3 Å². The van der Waals surface area contributed by atoms with Gasteiger partial charge < -0.3 is 14.6 Å². The predicted molar refractivity (Wildman–Crippen MR) is 82.3 cm³/mol. The summed E-state index contributed by atoms with van der Waals surface area (Å²) in [5.41, 5.74) is 0.502. The summed E-state index contributed by atoms with van der Waals surface area (Å²) in [7, 11) is 0. The molecule has 108 valence electrons. The summed E-state index contributed by atoms with van der Waals surface area (Å²) in [6.45, 7) is -0.513. The zero-order valence-electron chi connectivity index (χ0n) is 10.7. The number of thiophene rings is 1. The van der Waals surface area contributed by atoms with Gasteiger partial charge in [0.25, 0.3) is 0 Å². The van der Waals surface area contributed by atoms with Crippen LogP contribution >= 0.6 is 27.3 Å². The third-order valence-electron chi connectivity index (χ3n) is 2.49. The van der Waals surface area contributed by atoms with Crippen LogP contribution in [0, 0.1) is 0 Å². The van der Waals surface area contributed by atoms with E-state index in [0.717, 1.165) is 8.66 Å². The smallest absolute Gasteiger partial charge is 0.185 e. The number of hydrogen-bond acceptors (Lipinski definition) is 5. The number of aliphatic carboxylic acids is 1. The molecule has 21 heavy (non-hydrogen) atoms.